The first kappa shape index (κ1) is 16.2. The van der Waals surface area contributed by atoms with Gasteiger partial charge in [-0.25, -0.2) is 0 Å². The molecule has 0 spiro atoms. The Bertz CT molecular complexity index is 768. The number of nitrogens with zero attached hydrogens (tertiary/aromatic N) is 2. The number of nitrogen functional groups attached to an aromatic ring is 1. The average molecular weight is 328 g/mol. The zero-order valence-corrected chi connectivity index (χ0v) is 14.3. The van der Waals surface area contributed by atoms with Crippen molar-refractivity contribution in [2.75, 3.05) is 41.4 Å². The van der Waals surface area contributed by atoms with Crippen LogP contribution in [0.1, 0.15) is 25.3 Å². The number of nitrogens with one attached hydrogen (secondary N) is 3. The second kappa shape index (κ2) is 6.43. The normalized spacial score (nSPS) is 16.7. The van der Waals surface area contributed by atoms with Crippen molar-refractivity contribution in [3.8, 4) is 0 Å². The molecule has 0 saturated carbocycles. The first-order chi connectivity index (χ1) is 11.5. The fraction of sp³-hybridized carbons (Fsp3) is 0.412. The molecule has 1 aromatic carbocycles. The standard InChI is InChI=1S/C17H24N6O/c1-10(2)11-4-6-12(7-5-11)19-8-13-9-20-15-14(23(13)3)16(24)22-17(18)21-15/h4-7,10,13,19H,8-9H2,1-3H3,(H4,18,20,21,22,24). The van der Waals surface area contributed by atoms with Crippen LogP contribution in [0.4, 0.5) is 23.1 Å². The summed E-state index contributed by atoms with van der Waals surface area (Å²) in [5.74, 6) is 1.19. The van der Waals surface area contributed by atoms with Gasteiger partial charge in [-0.05, 0) is 23.6 Å². The lowest BCUT2D eigenvalue weighted by molar-refractivity contribution is 0.659. The second-order valence-corrected chi connectivity index (χ2v) is 6.45. The third kappa shape index (κ3) is 3.15. The molecule has 0 fully saturated rings. The third-order valence-electron chi connectivity index (χ3n) is 4.44. The fourth-order valence-corrected chi connectivity index (χ4v) is 2.90. The van der Waals surface area contributed by atoms with Gasteiger partial charge in [-0.3, -0.25) is 9.78 Å². The Hall–Kier alpha value is -2.70. The summed E-state index contributed by atoms with van der Waals surface area (Å²) in [7, 11) is 1.90. The van der Waals surface area contributed by atoms with Crippen molar-refractivity contribution in [2.24, 2.45) is 0 Å². The predicted octanol–water partition coefficient (Wildman–Crippen LogP) is 1.82. The van der Waals surface area contributed by atoms with E-state index in [0.717, 1.165) is 5.69 Å². The summed E-state index contributed by atoms with van der Waals surface area (Å²) in [5, 5.41) is 6.63. The molecule has 3 rings (SSSR count). The number of benzene rings is 1. The molecule has 1 aromatic heterocycles. The van der Waals surface area contributed by atoms with Crippen LogP contribution in [0.25, 0.3) is 0 Å². The topological polar surface area (TPSA) is 99.1 Å². The van der Waals surface area contributed by atoms with Gasteiger partial charge in [-0.2, -0.15) is 4.98 Å². The Labute approximate surface area is 141 Å². The molecule has 7 nitrogen and oxygen atoms in total. The quantitative estimate of drug-likeness (QED) is 0.683. The minimum Gasteiger partial charge on any atom is -0.383 e. The molecule has 5 N–H and O–H groups in total. The Morgan fingerprint density at radius 3 is 2.75 bits per heavy atom. The molecule has 128 valence electrons. The summed E-state index contributed by atoms with van der Waals surface area (Å²) in [6, 6.07) is 8.60. The van der Waals surface area contributed by atoms with Crippen LogP contribution < -0.4 is 26.8 Å². The van der Waals surface area contributed by atoms with Crippen molar-refractivity contribution in [3.63, 3.8) is 0 Å². The van der Waals surface area contributed by atoms with Gasteiger partial charge in [-0.1, -0.05) is 26.0 Å². The van der Waals surface area contributed by atoms with Gasteiger partial charge < -0.3 is 21.3 Å². The van der Waals surface area contributed by atoms with Crippen LogP contribution >= 0.6 is 0 Å². The summed E-state index contributed by atoms with van der Waals surface area (Å²) in [6.07, 6.45) is 0. The Balaban J connectivity index is 1.69. The molecule has 0 amide bonds. The largest absolute Gasteiger partial charge is 0.383 e. The van der Waals surface area contributed by atoms with E-state index in [2.05, 4.69) is 58.7 Å². The van der Waals surface area contributed by atoms with Crippen molar-refractivity contribution in [2.45, 2.75) is 25.8 Å². The maximum atomic E-state index is 12.1. The van der Waals surface area contributed by atoms with Crippen LogP contribution in [0, 0.1) is 0 Å². The van der Waals surface area contributed by atoms with Gasteiger partial charge in [0, 0.05) is 25.8 Å². The van der Waals surface area contributed by atoms with Gasteiger partial charge in [0.1, 0.15) is 5.69 Å². The summed E-state index contributed by atoms with van der Waals surface area (Å²) < 4.78 is 0. The molecule has 2 aromatic rings. The molecule has 0 aliphatic carbocycles. The Morgan fingerprint density at radius 2 is 2.08 bits per heavy atom. The zero-order valence-electron chi connectivity index (χ0n) is 14.3. The van der Waals surface area contributed by atoms with Crippen LogP contribution in [-0.4, -0.2) is 36.1 Å². The number of nitrogens with two attached hydrogens (primary N) is 1. The van der Waals surface area contributed by atoms with Crippen molar-refractivity contribution >= 4 is 23.1 Å². The van der Waals surface area contributed by atoms with Crippen molar-refractivity contribution in [1.82, 2.24) is 9.97 Å². The predicted molar refractivity (Wildman–Crippen MR) is 99.0 cm³/mol. The Morgan fingerprint density at radius 1 is 1.38 bits per heavy atom. The van der Waals surface area contributed by atoms with Gasteiger partial charge in [0.05, 0.1) is 6.04 Å². The minimum atomic E-state index is -0.224. The molecule has 24 heavy (non-hydrogen) atoms. The van der Waals surface area contributed by atoms with E-state index in [9.17, 15) is 4.79 Å². The summed E-state index contributed by atoms with van der Waals surface area (Å²) in [4.78, 5) is 20.8. The number of fused-ring (bicyclic) bond motifs is 1. The first-order valence-electron chi connectivity index (χ1n) is 8.16. The van der Waals surface area contributed by atoms with E-state index < -0.39 is 0 Å². The second-order valence-electron chi connectivity index (χ2n) is 6.45. The number of likely N-dealkylation sites (N-methyl/N-ethyl adjacent to an activating group) is 1. The molecule has 0 radical (unpaired) electrons. The number of hydrogen-bond donors (Lipinski definition) is 4. The number of hydrogen-bond acceptors (Lipinski definition) is 6. The Kier molecular flexibility index (Phi) is 4.33. The lowest BCUT2D eigenvalue weighted by atomic mass is 10.0. The molecular weight excluding hydrogens is 304 g/mol. The highest BCUT2D eigenvalue weighted by molar-refractivity contribution is 5.68. The van der Waals surface area contributed by atoms with Crippen LogP contribution in [0.5, 0.6) is 0 Å². The van der Waals surface area contributed by atoms with Crippen molar-refractivity contribution < 1.29 is 0 Å². The maximum absolute atomic E-state index is 12.1. The van der Waals surface area contributed by atoms with Crippen LogP contribution in [0.2, 0.25) is 0 Å². The molecule has 1 unspecified atom stereocenters. The number of rotatable bonds is 4. The molecule has 1 atom stereocenters. The molecule has 7 heteroatoms. The maximum Gasteiger partial charge on any atom is 0.278 e. The number of aromatic nitrogens is 2. The highest BCUT2D eigenvalue weighted by Gasteiger charge is 2.27. The van der Waals surface area contributed by atoms with E-state index in [-0.39, 0.29) is 17.5 Å². The van der Waals surface area contributed by atoms with E-state index in [1.807, 2.05) is 11.9 Å². The highest BCUT2D eigenvalue weighted by atomic mass is 16.1. The van der Waals surface area contributed by atoms with E-state index in [0.29, 0.717) is 30.5 Å². The molecule has 0 bridgehead atoms. The average Bonchev–Trinajstić information content (AvgIpc) is 2.54. The third-order valence-corrected chi connectivity index (χ3v) is 4.44. The number of H-pyrrole nitrogens is 1. The molecular formula is C17H24N6O. The summed E-state index contributed by atoms with van der Waals surface area (Å²) in [5.41, 5.74) is 8.29. The van der Waals surface area contributed by atoms with E-state index in [1.165, 1.54) is 5.56 Å². The van der Waals surface area contributed by atoms with E-state index in [1.54, 1.807) is 0 Å². The minimum absolute atomic E-state index is 0.126. The van der Waals surface area contributed by atoms with Crippen LogP contribution in [0.3, 0.4) is 0 Å². The number of anilines is 4. The van der Waals surface area contributed by atoms with Crippen LogP contribution in [0.15, 0.2) is 29.1 Å². The first-order valence-corrected chi connectivity index (χ1v) is 8.16. The SMILES string of the molecule is CC(C)c1ccc(NCC2CNc3nc(N)[nH]c(=O)c3N2C)cc1. The fourth-order valence-electron chi connectivity index (χ4n) is 2.90. The smallest absolute Gasteiger partial charge is 0.278 e. The van der Waals surface area contributed by atoms with Gasteiger partial charge in [0.2, 0.25) is 5.95 Å². The summed E-state index contributed by atoms with van der Waals surface area (Å²) >= 11 is 0. The van der Waals surface area contributed by atoms with Crippen LogP contribution in [-0.2, 0) is 0 Å². The van der Waals surface area contributed by atoms with Gasteiger partial charge in [-0.15, -0.1) is 0 Å². The molecule has 2 heterocycles. The summed E-state index contributed by atoms with van der Waals surface area (Å²) in [6.45, 7) is 5.77. The van der Waals surface area contributed by atoms with Gasteiger partial charge in [0.15, 0.2) is 5.82 Å². The van der Waals surface area contributed by atoms with Gasteiger partial charge >= 0.3 is 0 Å². The molecule has 1 aliphatic heterocycles. The number of aromatic amines is 1. The van der Waals surface area contributed by atoms with E-state index >= 15 is 0 Å². The van der Waals surface area contributed by atoms with Crippen molar-refractivity contribution in [3.05, 3.63) is 40.2 Å². The molecule has 0 saturated heterocycles. The monoisotopic (exact) mass is 328 g/mol. The van der Waals surface area contributed by atoms with Gasteiger partial charge in [0.25, 0.3) is 5.56 Å². The lowest BCUT2D eigenvalue weighted by Crippen LogP contribution is -2.48. The van der Waals surface area contributed by atoms with Crippen molar-refractivity contribution in [1.29, 1.82) is 0 Å². The lowest BCUT2D eigenvalue weighted by Gasteiger charge is -2.35. The zero-order chi connectivity index (χ0) is 17.3. The van der Waals surface area contributed by atoms with E-state index in [4.69, 9.17) is 5.73 Å². The highest BCUT2D eigenvalue weighted by Crippen LogP contribution is 2.25. The molecule has 1 aliphatic rings.